The molecule has 6 rings (SSSR count). The molecule has 38 heavy (non-hydrogen) atoms. The lowest BCUT2D eigenvalue weighted by Gasteiger charge is -2.19. The molecule has 0 saturated heterocycles. The standard InChI is InChI=1S/C30H28N6O2/c37-18-22(15-19-7-3-1-4-8-19)34-24-11-12-33-30(38)26(24)29-35-25-17-21(28-31-13-14-32-28)16-23(27(25)36-29)20-9-5-2-6-10-20/h1-12,16-17,22,37H,13-15,18H2,(H,31,32)(H,35,36)(H2,33,34,38)/t22-/m0/s1. The van der Waals surface area contributed by atoms with Crippen LogP contribution in [-0.4, -0.2) is 51.6 Å². The Morgan fingerprint density at radius 3 is 2.50 bits per heavy atom. The number of benzene rings is 3. The molecule has 0 aliphatic carbocycles. The van der Waals surface area contributed by atoms with E-state index in [1.807, 2.05) is 54.6 Å². The Hall–Kier alpha value is -4.69. The second-order valence-electron chi connectivity index (χ2n) is 9.34. The van der Waals surface area contributed by atoms with Crippen LogP contribution in [0.25, 0.3) is 33.5 Å². The van der Waals surface area contributed by atoms with E-state index in [1.54, 1.807) is 12.3 Å². The Morgan fingerprint density at radius 1 is 0.974 bits per heavy atom. The minimum atomic E-state index is -0.278. The van der Waals surface area contributed by atoms with Crippen molar-refractivity contribution >= 4 is 22.6 Å². The fourth-order valence-electron chi connectivity index (χ4n) is 4.92. The molecule has 3 heterocycles. The van der Waals surface area contributed by atoms with Gasteiger partial charge in [-0.2, -0.15) is 0 Å². The molecule has 2 aromatic heterocycles. The zero-order chi connectivity index (χ0) is 25.9. The van der Waals surface area contributed by atoms with Crippen LogP contribution in [0.1, 0.15) is 11.1 Å². The molecular formula is C30H28N6O2. The first-order valence-electron chi connectivity index (χ1n) is 12.7. The summed E-state index contributed by atoms with van der Waals surface area (Å²) < 4.78 is 0. The number of hydrogen-bond donors (Lipinski definition) is 5. The lowest BCUT2D eigenvalue weighted by Crippen LogP contribution is -2.28. The van der Waals surface area contributed by atoms with Crippen LogP contribution in [0.5, 0.6) is 0 Å². The van der Waals surface area contributed by atoms with Gasteiger partial charge in [0.05, 0.1) is 35.9 Å². The molecule has 0 bridgehead atoms. The molecule has 5 aromatic rings. The summed E-state index contributed by atoms with van der Waals surface area (Å²) >= 11 is 0. The molecule has 3 aromatic carbocycles. The predicted molar refractivity (Wildman–Crippen MR) is 152 cm³/mol. The van der Waals surface area contributed by atoms with Crippen LogP contribution in [0, 0.1) is 0 Å². The fraction of sp³-hybridized carbons (Fsp3) is 0.167. The predicted octanol–water partition coefficient (Wildman–Crippen LogP) is 3.95. The highest BCUT2D eigenvalue weighted by molar-refractivity contribution is 6.06. The molecule has 8 heteroatoms. The third-order valence-electron chi connectivity index (χ3n) is 6.72. The topological polar surface area (TPSA) is 118 Å². The van der Waals surface area contributed by atoms with Gasteiger partial charge in [0.15, 0.2) is 0 Å². The molecule has 190 valence electrons. The number of imidazole rings is 1. The first kappa shape index (κ1) is 23.7. The number of aliphatic hydroxyl groups excluding tert-OH is 1. The maximum atomic E-state index is 13.1. The van der Waals surface area contributed by atoms with Crippen molar-refractivity contribution in [3.05, 3.63) is 107 Å². The molecule has 0 radical (unpaired) electrons. The first-order chi connectivity index (χ1) is 18.7. The van der Waals surface area contributed by atoms with Gasteiger partial charge in [-0.05, 0) is 35.7 Å². The van der Waals surface area contributed by atoms with Crippen molar-refractivity contribution in [3.63, 3.8) is 0 Å². The maximum absolute atomic E-state index is 13.1. The molecule has 8 nitrogen and oxygen atoms in total. The average Bonchev–Trinajstić information content (AvgIpc) is 3.64. The van der Waals surface area contributed by atoms with Gasteiger partial charge in [-0.1, -0.05) is 60.7 Å². The van der Waals surface area contributed by atoms with Crippen molar-refractivity contribution in [2.24, 2.45) is 4.99 Å². The van der Waals surface area contributed by atoms with Crippen molar-refractivity contribution < 1.29 is 5.11 Å². The number of hydrogen-bond acceptors (Lipinski definition) is 6. The van der Waals surface area contributed by atoms with Gasteiger partial charge in [-0.25, -0.2) is 4.98 Å². The van der Waals surface area contributed by atoms with Gasteiger partial charge in [0, 0.05) is 23.9 Å². The number of rotatable bonds is 8. The van der Waals surface area contributed by atoms with Crippen molar-refractivity contribution in [2.75, 3.05) is 25.0 Å². The van der Waals surface area contributed by atoms with E-state index >= 15 is 0 Å². The highest BCUT2D eigenvalue weighted by Crippen LogP contribution is 2.32. The van der Waals surface area contributed by atoms with Crippen LogP contribution in [0.4, 0.5) is 5.69 Å². The van der Waals surface area contributed by atoms with E-state index in [2.05, 4.69) is 43.8 Å². The van der Waals surface area contributed by atoms with Crippen molar-refractivity contribution in [1.82, 2.24) is 20.3 Å². The van der Waals surface area contributed by atoms with E-state index in [-0.39, 0.29) is 18.2 Å². The van der Waals surface area contributed by atoms with E-state index in [4.69, 9.17) is 4.98 Å². The zero-order valence-corrected chi connectivity index (χ0v) is 20.7. The monoisotopic (exact) mass is 504 g/mol. The van der Waals surface area contributed by atoms with Gasteiger partial charge in [-0.3, -0.25) is 9.79 Å². The summed E-state index contributed by atoms with van der Waals surface area (Å²) in [5.41, 5.74) is 6.35. The number of aliphatic hydroxyl groups is 1. The van der Waals surface area contributed by atoms with Crippen LogP contribution in [0.2, 0.25) is 0 Å². The molecule has 0 fully saturated rings. The number of nitrogens with zero attached hydrogens (tertiary/aromatic N) is 2. The summed E-state index contributed by atoms with van der Waals surface area (Å²) in [6, 6.07) is 25.7. The fourth-order valence-corrected chi connectivity index (χ4v) is 4.92. The number of anilines is 1. The van der Waals surface area contributed by atoms with E-state index in [9.17, 15) is 9.90 Å². The van der Waals surface area contributed by atoms with Gasteiger partial charge in [0.1, 0.15) is 17.2 Å². The number of aromatic nitrogens is 3. The minimum Gasteiger partial charge on any atom is -0.394 e. The molecular weight excluding hydrogens is 476 g/mol. The maximum Gasteiger partial charge on any atom is 0.261 e. The quantitative estimate of drug-likeness (QED) is 0.219. The van der Waals surface area contributed by atoms with E-state index in [0.29, 0.717) is 23.5 Å². The lowest BCUT2D eigenvalue weighted by atomic mass is 10.0. The van der Waals surface area contributed by atoms with Gasteiger partial charge >= 0.3 is 0 Å². The number of H-pyrrole nitrogens is 2. The summed E-state index contributed by atoms with van der Waals surface area (Å²) in [7, 11) is 0. The number of pyridine rings is 1. The SMILES string of the molecule is O=c1[nH]ccc(N[C@H](CO)Cc2ccccc2)c1-c1nc2c(-c3ccccc3)cc(C3=NCCN3)cc2[nH]1. The second-order valence-corrected chi connectivity index (χ2v) is 9.34. The zero-order valence-electron chi connectivity index (χ0n) is 20.7. The molecule has 1 aliphatic heterocycles. The van der Waals surface area contributed by atoms with Crippen LogP contribution < -0.4 is 16.2 Å². The molecule has 0 spiro atoms. The smallest absolute Gasteiger partial charge is 0.261 e. The Labute approximate surface area is 219 Å². The largest absolute Gasteiger partial charge is 0.394 e. The summed E-state index contributed by atoms with van der Waals surface area (Å²) in [5.74, 6) is 1.31. The van der Waals surface area contributed by atoms with E-state index < -0.39 is 0 Å². The highest BCUT2D eigenvalue weighted by Gasteiger charge is 2.20. The van der Waals surface area contributed by atoms with E-state index in [1.165, 1.54) is 0 Å². The summed E-state index contributed by atoms with van der Waals surface area (Å²) in [6.45, 7) is 1.47. The third kappa shape index (κ3) is 4.69. The summed E-state index contributed by atoms with van der Waals surface area (Å²) in [6.07, 6.45) is 2.21. The molecule has 1 aliphatic rings. The molecule has 1 atom stereocenters. The van der Waals surface area contributed by atoms with Crippen LogP contribution in [0.3, 0.4) is 0 Å². The Kier molecular flexibility index (Phi) is 6.46. The molecule has 0 unspecified atom stereocenters. The van der Waals surface area contributed by atoms with Crippen LogP contribution in [-0.2, 0) is 6.42 Å². The number of nitrogens with one attached hydrogen (secondary N) is 4. The van der Waals surface area contributed by atoms with Gasteiger partial charge in [0.25, 0.3) is 5.56 Å². The first-order valence-corrected chi connectivity index (χ1v) is 12.7. The Balaban J connectivity index is 1.44. The van der Waals surface area contributed by atoms with Gasteiger partial charge in [-0.15, -0.1) is 0 Å². The molecule has 5 N–H and O–H groups in total. The number of fused-ring (bicyclic) bond motifs is 1. The molecule has 0 amide bonds. The summed E-state index contributed by atoms with van der Waals surface area (Å²) in [5, 5.41) is 16.8. The number of aliphatic imine (C=N–C) groups is 1. The van der Waals surface area contributed by atoms with Crippen molar-refractivity contribution in [3.8, 4) is 22.5 Å². The van der Waals surface area contributed by atoms with Crippen LogP contribution >= 0.6 is 0 Å². The molecule has 0 saturated carbocycles. The Bertz CT molecular complexity index is 1660. The van der Waals surface area contributed by atoms with Crippen molar-refractivity contribution in [1.29, 1.82) is 0 Å². The summed E-state index contributed by atoms with van der Waals surface area (Å²) in [4.78, 5) is 28.8. The number of aromatic amines is 2. The van der Waals surface area contributed by atoms with Crippen molar-refractivity contribution in [2.45, 2.75) is 12.5 Å². The van der Waals surface area contributed by atoms with E-state index in [0.717, 1.165) is 52.2 Å². The minimum absolute atomic E-state index is 0.0854. The van der Waals surface area contributed by atoms with Crippen LogP contribution in [0.15, 0.2) is 94.8 Å². The van der Waals surface area contributed by atoms with Gasteiger partial charge < -0.3 is 25.7 Å². The average molecular weight is 505 g/mol. The Morgan fingerprint density at radius 2 is 1.76 bits per heavy atom. The highest BCUT2D eigenvalue weighted by atomic mass is 16.3. The normalized spacial score (nSPS) is 13.8. The third-order valence-corrected chi connectivity index (χ3v) is 6.72. The second kappa shape index (κ2) is 10.4. The number of amidine groups is 1. The lowest BCUT2D eigenvalue weighted by molar-refractivity contribution is 0.274. The van der Waals surface area contributed by atoms with Gasteiger partial charge in [0.2, 0.25) is 0 Å².